The minimum atomic E-state index is 0. The van der Waals surface area contributed by atoms with Gasteiger partial charge in [0.25, 0.3) is 0 Å². The summed E-state index contributed by atoms with van der Waals surface area (Å²) in [5, 5.41) is 16.8. The van der Waals surface area contributed by atoms with E-state index in [4.69, 9.17) is 0 Å². The van der Waals surface area contributed by atoms with Crippen molar-refractivity contribution in [3.05, 3.63) is 45.2 Å². The normalized spacial score (nSPS) is 26.5. The van der Waals surface area contributed by atoms with Crippen LogP contribution in [0.3, 0.4) is 0 Å². The van der Waals surface area contributed by atoms with Gasteiger partial charge in [-0.3, -0.25) is 0 Å². The third-order valence-corrected chi connectivity index (χ3v) is 5.27. The summed E-state index contributed by atoms with van der Waals surface area (Å²) < 4.78 is 0. The maximum atomic E-state index is 4.26. The van der Waals surface area contributed by atoms with Crippen molar-refractivity contribution in [2.45, 2.75) is 66.2 Å². The van der Waals surface area contributed by atoms with Crippen LogP contribution < -0.4 is 0 Å². The molecule has 4 aliphatic heterocycles. The molecule has 4 rings (SSSR count). The Kier molecular flexibility index (Phi) is 27.5. The molecule has 3 atom stereocenters. The number of hydrogen-bond donors (Lipinski definition) is 0. The van der Waals surface area contributed by atoms with Gasteiger partial charge in [-0.1, -0.05) is 94.8 Å². The molecule has 6 nitrogen and oxygen atoms in total. The van der Waals surface area contributed by atoms with E-state index in [1.54, 1.807) is 0 Å². The Morgan fingerprint density at radius 1 is 0.710 bits per heavy atom. The minimum Gasteiger partial charge on any atom is -0.687 e. The molecule has 1 radical (unpaired) electrons. The number of piperidine rings is 3. The molecule has 3 saturated heterocycles. The number of allylic oxidation sites excluding steroid dienone is 2. The molecule has 4 aliphatic rings. The van der Waals surface area contributed by atoms with Gasteiger partial charge in [-0.05, 0) is 6.92 Å². The Morgan fingerprint density at radius 3 is 1.23 bits per heavy atom. The molecule has 0 aliphatic carbocycles. The molecule has 3 fully saturated rings. The average molecular weight is 490 g/mol. The van der Waals surface area contributed by atoms with Crippen LogP contribution in [0, 0.1) is 17.8 Å². The quantitative estimate of drug-likeness (QED) is 0.321. The molecule has 0 saturated carbocycles. The first-order valence-corrected chi connectivity index (χ1v) is 11.5. The van der Waals surface area contributed by atoms with Gasteiger partial charge in [0.15, 0.2) is 0 Å². The second-order valence-electron chi connectivity index (χ2n) is 8.83. The predicted octanol–water partition coefficient (Wildman–Crippen LogP) is 5.36. The van der Waals surface area contributed by atoms with Gasteiger partial charge in [0.05, 0.1) is 0 Å². The summed E-state index contributed by atoms with van der Waals surface area (Å²) in [5.74, 6) is 2.61. The van der Waals surface area contributed by atoms with Crippen molar-refractivity contribution < 1.29 is 28.0 Å². The van der Waals surface area contributed by atoms with E-state index in [9.17, 15) is 0 Å². The van der Waals surface area contributed by atoms with Gasteiger partial charge in [-0.15, -0.1) is 45.8 Å². The molecule has 7 heteroatoms. The Morgan fingerprint density at radius 2 is 1.10 bits per heavy atom. The topological polar surface area (TPSA) is 122 Å². The van der Waals surface area contributed by atoms with Crippen molar-refractivity contribution in [1.82, 2.24) is 0 Å². The predicted molar refractivity (Wildman–Crippen MR) is 135 cm³/mol. The molecule has 4 heterocycles. The first kappa shape index (κ1) is 35.2. The molecular weight excluding hydrogens is 440 g/mol. The number of hydrogen-bond acceptors (Lipinski definition) is 0. The maximum Gasteiger partial charge on any atom is 2.00 e. The Balaban J connectivity index is -0.000000327. The first-order chi connectivity index (χ1) is 13.6. The second-order valence-corrected chi connectivity index (χ2v) is 8.83. The van der Waals surface area contributed by atoms with Crippen LogP contribution >= 0.6 is 0 Å². The van der Waals surface area contributed by atoms with Crippen LogP contribution in [0.5, 0.6) is 0 Å². The average Bonchev–Trinajstić information content (AvgIpc) is 2.72. The van der Waals surface area contributed by atoms with Gasteiger partial charge < -0.3 is 32.2 Å². The van der Waals surface area contributed by atoms with Crippen LogP contribution in [0.2, 0.25) is 0 Å². The van der Waals surface area contributed by atoms with E-state index in [2.05, 4.69) is 55.0 Å². The smallest absolute Gasteiger partial charge is 0.687 e. The van der Waals surface area contributed by atoms with Gasteiger partial charge in [0, 0.05) is 0 Å². The molecule has 0 aromatic heterocycles. The van der Waals surface area contributed by atoms with Crippen molar-refractivity contribution in [3.63, 3.8) is 0 Å². The van der Waals surface area contributed by atoms with Crippen LogP contribution in [-0.4, -0.2) is 45.8 Å². The molecule has 0 bridgehead atoms. The molecule has 0 amide bonds. The fourth-order valence-corrected chi connectivity index (χ4v) is 3.38. The summed E-state index contributed by atoms with van der Waals surface area (Å²) in [5.41, 5.74) is 1.34. The molecule has 0 spiro atoms. The Bertz CT molecular complexity index is 380. The minimum absolute atomic E-state index is 0. The van der Waals surface area contributed by atoms with Gasteiger partial charge in [-0.2, -0.15) is 6.20 Å². The summed E-state index contributed by atoms with van der Waals surface area (Å²) in [4.78, 5) is 0. The zero-order valence-corrected chi connectivity index (χ0v) is 21.3. The monoisotopic (exact) mass is 489 g/mol. The van der Waals surface area contributed by atoms with Crippen molar-refractivity contribution in [2.24, 2.45) is 17.8 Å². The summed E-state index contributed by atoms with van der Waals surface area (Å²) in [6, 6.07) is 0. The third-order valence-electron chi connectivity index (χ3n) is 5.27. The molecule has 6 N–H and O–H groups in total. The fraction of sp³-hybridized carbons (Fsp3) is 0.833. The summed E-state index contributed by atoms with van der Waals surface area (Å²) in [7, 11) is 0. The molecule has 0 aromatic rings. The van der Waals surface area contributed by atoms with Crippen LogP contribution in [0.4, 0.5) is 0 Å². The SMILES string of the molecule is CC1=CC=C[N-]C1.CC1CCC[N-]C1.CC1CCC[N-]C1.CC1CCC[N-]C1.[Cu+2].[OH3+].[OH3+]. The van der Waals surface area contributed by atoms with Gasteiger partial charge in [0.2, 0.25) is 0 Å². The van der Waals surface area contributed by atoms with Crippen molar-refractivity contribution in [2.75, 3.05) is 45.8 Å². The van der Waals surface area contributed by atoms with E-state index in [-0.39, 0.29) is 28.0 Å². The standard InChI is InChI=1S/3C6H12N.C6H8N.Cu.2H2O/c4*1-6-3-2-4-7-5-6;;;/h3*6H,2-5H2,1H3;2-4H,5H2,1H3;;2*1H2/q4*-1;+2;;/p+2. The molecule has 0 aromatic carbocycles. The van der Waals surface area contributed by atoms with Crippen molar-refractivity contribution in [3.8, 4) is 0 Å². The second kappa shape index (κ2) is 24.2. The van der Waals surface area contributed by atoms with Gasteiger partial charge in [-0.25, -0.2) is 0 Å². The third kappa shape index (κ3) is 22.6. The molecule has 189 valence electrons. The summed E-state index contributed by atoms with van der Waals surface area (Å²) >= 11 is 0. The van der Waals surface area contributed by atoms with E-state index in [0.29, 0.717) is 0 Å². The van der Waals surface area contributed by atoms with Crippen LogP contribution in [0.15, 0.2) is 23.9 Å². The van der Waals surface area contributed by atoms with Crippen molar-refractivity contribution >= 4 is 0 Å². The van der Waals surface area contributed by atoms with Gasteiger partial charge in [0.1, 0.15) is 0 Å². The van der Waals surface area contributed by atoms with E-state index in [1.165, 1.54) is 44.1 Å². The Hall–Kier alpha value is -0.401. The number of nitrogens with zero attached hydrogens (tertiary/aromatic N) is 4. The summed E-state index contributed by atoms with van der Waals surface area (Å²) in [6.07, 6.45) is 14.0. The zero-order valence-electron chi connectivity index (χ0n) is 20.4. The summed E-state index contributed by atoms with van der Waals surface area (Å²) in [6.45, 7) is 16.4. The largest absolute Gasteiger partial charge is 2.00 e. The number of rotatable bonds is 0. The van der Waals surface area contributed by atoms with Gasteiger partial charge >= 0.3 is 17.1 Å². The maximum absolute atomic E-state index is 4.26. The van der Waals surface area contributed by atoms with E-state index < -0.39 is 0 Å². The molecule has 31 heavy (non-hydrogen) atoms. The Labute approximate surface area is 203 Å². The van der Waals surface area contributed by atoms with Crippen molar-refractivity contribution in [1.29, 1.82) is 0 Å². The van der Waals surface area contributed by atoms with E-state index in [0.717, 1.165) is 63.6 Å². The first-order valence-electron chi connectivity index (χ1n) is 11.5. The zero-order chi connectivity index (χ0) is 20.5. The van der Waals surface area contributed by atoms with Crippen LogP contribution in [0.1, 0.15) is 66.2 Å². The molecule has 3 unspecified atom stereocenters. The molecular formula is C24H50CuN4O2. The van der Waals surface area contributed by atoms with E-state index >= 15 is 0 Å². The van der Waals surface area contributed by atoms with E-state index in [1.807, 2.05) is 12.3 Å². The van der Waals surface area contributed by atoms with Crippen LogP contribution in [-0.2, 0) is 28.0 Å². The van der Waals surface area contributed by atoms with Crippen LogP contribution in [0.25, 0.3) is 21.3 Å². The fourth-order valence-electron chi connectivity index (χ4n) is 3.38.